The van der Waals surface area contributed by atoms with Gasteiger partial charge in [0, 0.05) is 18.7 Å². The Morgan fingerprint density at radius 3 is 2.21 bits per heavy atom. The average molecular weight is 521 g/mol. The van der Waals surface area contributed by atoms with Crippen LogP contribution in [0.25, 0.3) is 0 Å². The van der Waals surface area contributed by atoms with E-state index in [1.54, 1.807) is 0 Å². The molecule has 5 aliphatic carbocycles. The van der Waals surface area contributed by atoms with Gasteiger partial charge in [-0.2, -0.15) is 0 Å². The number of hydrogen-bond donors (Lipinski definition) is 1. The minimum atomic E-state index is -0.469. The predicted octanol–water partition coefficient (Wildman–Crippen LogP) is 6.49. The van der Waals surface area contributed by atoms with Gasteiger partial charge in [0.15, 0.2) is 0 Å². The van der Waals surface area contributed by atoms with Crippen molar-refractivity contribution in [1.82, 2.24) is 9.80 Å². The highest BCUT2D eigenvalue weighted by Gasteiger charge is 2.83. The fourth-order valence-electron chi connectivity index (χ4n) is 12.3. The van der Waals surface area contributed by atoms with E-state index in [0.717, 1.165) is 18.3 Å². The van der Waals surface area contributed by atoms with Gasteiger partial charge in [-0.3, -0.25) is 4.79 Å². The number of fused-ring (bicyclic) bond motifs is 2. The number of aliphatic hydroxyl groups excluding tert-OH is 1. The minimum absolute atomic E-state index is 0.0332. The number of amides is 1. The molecule has 5 fully saturated rings. The van der Waals surface area contributed by atoms with Crippen LogP contribution in [0.3, 0.4) is 0 Å². The molecule has 0 saturated heterocycles. The summed E-state index contributed by atoms with van der Waals surface area (Å²) in [6.45, 7) is 12.5. The molecule has 1 aromatic carbocycles. The standard InChI is InChI=1S/C34H52N2O2/c1-22(35(6)7)24-16-17-32(5)27-15-14-26-30(2,3)28(36(8)29(38)23-12-10-9-11-13-23)25(37)20-34(26)21-33(27,34)19-18-31(24,32)4/h9-13,22,24-28,37H,14-21H2,1-8H3. The number of nitrogens with zero attached hydrogens (tertiary/aromatic N) is 2. The molecule has 0 bridgehead atoms. The highest BCUT2D eigenvalue weighted by molar-refractivity contribution is 5.94. The molecule has 1 N–H and O–H groups in total. The van der Waals surface area contributed by atoms with E-state index < -0.39 is 6.10 Å². The Labute approximate surface area is 231 Å². The van der Waals surface area contributed by atoms with Gasteiger partial charge in [0.05, 0.1) is 12.1 Å². The summed E-state index contributed by atoms with van der Waals surface area (Å²) in [4.78, 5) is 17.8. The van der Waals surface area contributed by atoms with E-state index in [1.165, 1.54) is 44.9 Å². The van der Waals surface area contributed by atoms with Gasteiger partial charge in [0.2, 0.25) is 0 Å². The number of benzene rings is 1. The highest BCUT2D eigenvalue weighted by Crippen LogP contribution is 2.89. The van der Waals surface area contributed by atoms with Crippen LogP contribution in [0.2, 0.25) is 0 Å². The second kappa shape index (κ2) is 8.32. The van der Waals surface area contributed by atoms with Crippen molar-refractivity contribution in [2.75, 3.05) is 21.1 Å². The third-order valence-corrected chi connectivity index (χ3v) is 14.3. The molecular formula is C34H52N2O2. The van der Waals surface area contributed by atoms with Crippen molar-refractivity contribution in [2.24, 2.45) is 44.8 Å². The number of likely N-dealkylation sites (N-methyl/N-ethyl adjacent to an activating group) is 1. The average Bonchev–Trinajstić information content (AvgIpc) is 3.44. The maximum absolute atomic E-state index is 13.5. The largest absolute Gasteiger partial charge is 0.391 e. The monoisotopic (exact) mass is 520 g/mol. The fraction of sp³-hybridized carbons (Fsp3) is 0.794. The van der Waals surface area contributed by atoms with Crippen LogP contribution >= 0.6 is 0 Å². The van der Waals surface area contributed by atoms with Crippen LogP contribution in [0.4, 0.5) is 0 Å². The van der Waals surface area contributed by atoms with Crippen molar-refractivity contribution < 1.29 is 9.90 Å². The second-order valence-corrected chi connectivity index (χ2v) is 15.7. The maximum atomic E-state index is 13.5. The molecule has 6 rings (SSSR count). The summed E-state index contributed by atoms with van der Waals surface area (Å²) in [6.07, 6.45) is 9.67. The molecule has 1 aromatic rings. The van der Waals surface area contributed by atoms with Crippen LogP contribution in [-0.2, 0) is 0 Å². The number of hydrogen-bond acceptors (Lipinski definition) is 3. The van der Waals surface area contributed by atoms with E-state index in [1.807, 2.05) is 42.3 Å². The smallest absolute Gasteiger partial charge is 0.253 e. The zero-order valence-electron chi connectivity index (χ0n) is 25.3. The summed E-state index contributed by atoms with van der Waals surface area (Å²) in [7, 11) is 6.45. The Bertz CT molecular complexity index is 1100. The van der Waals surface area contributed by atoms with Crippen LogP contribution in [0.5, 0.6) is 0 Å². The van der Waals surface area contributed by atoms with Gasteiger partial charge in [-0.15, -0.1) is 0 Å². The molecule has 0 aromatic heterocycles. The van der Waals surface area contributed by atoms with Gasteiger partial charge in [-0.25, -0.2) is 0 Å². The quantitative estimate of drug-likeness (QED) is 0.494. The number of carbonyl (C=O) groups excluding carboxylic acids is 1. The van der Waals surface area contributed by atoms with Gasteiger partial charge in [0.25, 0.3) is 5.91 Å². The summed E-state index contributed by atoms with van der Waals surface area (Å²) < 4.78 is 0. The molecule has 4 heteroatoms. The lowest BCUT2D eigenvalue weighted by molar-refractivity contribution is -0.172. The van der Waals surface area contributed by atoms with E-state index in [9.17, 15) is 9.90 Å². The number of rotatable bonds is 4. The molecule has 10 unspecified atom stereocenters. The van der Waals surface area contributed by atoms with Gasteiger partial charge in [-0.1, -0.05) is 45.9 Å². The SMILES string of the molecule is CC(C1CCC2(C)C3CCC4C(C)(C)C(N(C)C(=O)c5ccccc5)C(O)CC45CC35CCC12C)N(C)C. The van der Waals surface area contributed by atoms with Gasteiger partial charge < -0.3 is 14.9 Å². The van der Waals surface area contributed by atoms with Crippen molar-refractivity contribution in [1.29, 1.82) is 0 Å². The lowest BCUT2D eigenvalue weighted by Gasteiger charge is -2.64. The summed E-state index contributed by atoms with van der Waals surface area (Å²) in [6, 6.07) is 10.1. The lowest BCUT2D eigenvalue weighted by Crippen LogP contribution is -2.64. The fourth-order valence-corrected chi connectivity index (χ4v) is 12.3. The van der Waals surface area contributed by atoms with E-state index in [0.29, 0.717) is 33.8 Å². The highest BCUT2D eigenvalue weighted by atomic mass is 16.3. The van der Waals surface area contributed by atoms with E-state index in [2.05, 4.69) is 53.6 Å². The van der Waals surface area contributed by atoms with Crippen molar-refractivity contribution in [3.63, 3.8) is 0 Å². The molecule has 1 amide bonds. The van der Waals surface area contributed by atoms with Crippen LogP contribution in [0, 0.1) is 44.8 Å². The van der Waals surface area contributed by atoms with Gasteiger partial charge in [-0.05, 0) is 129 Å². The summed E-state index contributed by atoms with van der Waals surface area (Å²) >= 11 is 0. The molecule has 0 radical (unpaired) electrons. The Balaban J connectivity index is 1.30. The molecule has 5 saturated carbocycles. The Hall–Kier alpha value is -1.39. The maximum Gasteiger partial charge on any atom is 0.253 e. The molecule has 210 valence electrons. The Morgan fingerprint density at radius 1 is 0.895 bits per heavy atom. The zero-order chi connectivity index (χ0) is 27.5. The van der Waals surface area contributed by atoms with Crippen molar-refractivity contribution in [2.45, 2.75) is 104 Å². The van der Waals surface area contributed by atoms with Crippen LogP contribution in [0.15, 0.2) is 30.3 Å². The first-order valence-electron chi connectivity index (χ1n) is 15.4. The summed E-state index contributed by atoms with van der Waals surface area (Å²) in [5, 5.41) is 11.9. The number of aliphatic hydroxyl groups is 1. The normalized spacial score (nSPS) is 47.4. The molecule has 2 spiro atoms. The molecule has 38 heavy (non-hydrogen) atoms. The topological polar surface area (TPSA) is 43.8 Å². The van der Waals surface area contributed by atoms with Crippen molar-refractivity contribution >= 4 is 5.91 Å². The third-order valence-electron chi connectivity index (χ3n) is 14.3. The molecule has 10 atom stereocenters. The molecule has 5 aliphatic rings. The molecule has 0 aliphatic heterocycles. The number of carbonyl (C=O) groups is 1. The predicted molar refractivity (Wildman–Crippen MR) is 154 cm³/mol. The minimum Gasteiger partial charge on any atom is -0.391 e. The van der Waals surface area contributed by atoms with E-state index in [4.69, 9.17) is 0 Å². The second-order valence-electron chi connectivity index (χ2n) is 15.7. The first-order chi connectivity index (χ1) is 17.8. The Morgan fingerprint density at radius 2 is 1.55 bits per heavy atom. The Kier molecular flexibility index (Phi) is 5.87. The zero-order valence-corrected chi connectivity index (χ0v) is 25.3. The van der Waals surface area contributed by atoms with Gasteiger partial charge >= 0.3 is 0 Å². The van der Waals surface area contributed by atoms with Gasteiger partial charge in [0.1, 0.15) is 0 Å². The van der Waals surface area contributed by atoms with E-state index >= 15 is 0 Å². The third kappa shape index (κ3) is 3.14. The first kappa shape index (κ1) is 26.8. The molecule has 4 nitrogen and oxygen atoms in total. The first-order valence-corrected chi connectivity index (χ1v) is 15.4. The summed E-state index contributed by atoms with van der Waals surface area (Å²) in [5.74, 6) is 2.14. The van der Waals surface area contributed by atoms with E-state index in [-0.39, 0.29) is 22.8 Å². The van der Waals surface area contributed by atoms with Crippen molar-refractivity contribution in [3.8, 4) is 0 Å². The van der Waals surface area contributed by atoms with Crippen LogP contribution in [-0.4, -0.2) is 60.1 Å². The summed E-state index contributed by atoms with van der Waals surface area (Å²) in [5.41, 5.74) is 2.03. The molecule has 0 heterocycles. The molecular weight excluding hydrogens is 468 g/mol. The van der Waals surface area contributed by atoms with Crippen molar-refractivity contribution in [3.05, 3.63) is 35.9 Å². The van der Waals surface area contributed by atoms with Crippen LogP contribution < -0.4 is 0 Å². The lowest BCUT2D eigenvalue weighted by atomic mass is 9.41. The van der Waals surface area contributed by atoms with Crippen LogP contribution in [0.1, 0.15) is 96.3 Å².